The van der Waals surface area contributed by atoms with E-state index in [0.717, 1.165) is 0 Å². The number of amides is 1. The predicted octanol–water partition coefficient (Wildman–Crippen LogP) is 3.34. The number of carbonyl (C=O) groups is 2. The van der Waals surface area contributed by atoms with Crippen molar-refractivity contribution in [3.05, 3.63) is 72.4 Å². The zero-order chi connectivity index (χ0) is 19.1. The Bertz CT molecular complexity index is 991. The van der Waals surface area contributed by atoms with Gasteiger partial charge in [0.1, 0.15) is 0 Å². The van der Waals surface area contributed by atoms with E-state index in [1.165, 1.54) is 4.90 Å². The van der Waals surface area contributed by atoms with E-state index >= 15 is 0 Å². The summed E-state index contributed by atoms with van der Waals surface area (Å²) in [5.74, 6) is -0.974. The monoisotopic (exact) mass is 359 g/mol. The summed E-state index contributed by atoms with van der Waals surface area (Å²) in [5, 5.41) is 9.50. The summed E-state index contributed by atoms with van der Waals surface area (Å²) in [7, 11) is 0. The molecule has 0 aliphatic heterocycles. The lowest BCUT2D eigenvalue weighted by Crippen LogP contribution is -2.35. The van der Waals surface area contributed by atoms with E-state index in [4.69, 9.17) is 10.00 Å². The van der Waals surface area contributed by atoms with E-state index in [1.807, 2.05) is 12.1 Å². The van der Waals surface area contributed by atoms with Gasteiger partial charge in [-0.1, -0.05) is 30.3 Å². The maximum atomic E-state index is 12.6. The van der Waals surface area contributed by atoms with Crippen molar-refractivity contribution < 1.29 is 14.3 Å². The average molecular weight is 359 g/mol. The summed E-state index contributed by atoms with van der Waals surface area (Å²) in [5.41, 5.74) is 1.69. The summed E-state index contributed by atoms with van der Waals surface area (Å²) in [6.07, 6.45) is 1.83. The molecule has 2 aromatic carbocycles. The van der Waals surface area contributed by atoms with Gasteiger partial charge in [0.2, 0.25) is 0 Å². The molecule has 1 aromatic heterocycles. The third-order valence-electron chi connectivity index (χ3n) is 4.01. The maximum absolute atomic E-state index is 12.6. The lowest BCUT2D eigenvalue weighted by Gasteiger charge is -2.21. The summed E-state index contributed by atoms with van der Waals surface area (Å²) in [6.45, 7) is -0.176. The Morgan fingerprint density at radius 2 is 1.85 bits per heavy atom. The highest BCUT2D eigenvalue weighted by Crippen LogP contribution is 2.18. The molecule has 134 valence electrons. The number of carbonyl (C=O) groups excluding carboxylic acids is 2. The van der Waals surface area contributed by atoms with Gasteiger partial charge in [0.05, 0.1) is 23.6 Å². The van der Waals surface area contributed by atoms with Crippen molar-refractivity contribution in [1.29, 1.82) is 5.26 Å². The number of fused-ring (bicyclic) bond motifs is 1. The number of rotatable bonds is 6. The molecule has 27 heavy (non-hydrogen) atoms. The van der Waals surface area contributed by atoms with Crippen LogP contribution in [-0.4, -0.2) is 30.0 Å². The van der Waals surface area contributed by atoms with Crippen molar-refractivity contribution in [2.45, 2.75) is 6.42 Å². The number of para-hydroxylation sites is 1. The number of hydrogen-bond acceptors (Lipinski definition) is 5. The van der Waals surface area contributed by atoms with Gasteiger partial charge in [-0.3, -0.25) is 9.78 Å². The largest absolute Gasteiger partial charge is 0.452 e. The van der Waals surface area contributed by atoms with E-state index in [1.54, 1.807) is 60.8 Å². The number of nitriles is 1. The van der Waals surface area contributed by atoms with E-state index < -0.39 is 12.6 Å². The molecule has 1 heterocycles. The van der Waals surface area contributed by atoms with Crippen molar-refractivity contribution in [3.63, 3.8) is 0 Å². The number of nitrogens with zero attached hydrogens (tertiary/aromatic N) is 3. The smallest absolute Gasteiger partial charge is 0.339 e. The summed E-state index contributed by atoms with van der Waals surface area (Å²) < 4.78 is 5.24. The molecule has 1 amide bonds. The van der Waals surface area contributed by atoms with Crippen molar-refractivity contribution in [1.82, 2.24) is 4.98 Å². The lowest BCUT2D eigenvalue weighted by atomic mass is 10.1. The molecule has 0 atom stereocenters. The van der Waals surface area contributed by atoms with Crippen molar-refractivity contribution in [2.75, 3.05) is 18.1 Å². The highest BCUT2D eigenvalue weighted by Gasteiger charge is 2.19. The fourth-order valence-electron chi connectivity index (χ4n) is 2.73. The van der Waals surface area contributed by atoms with Crippen LogP contribution in [0.25, 0.3) is 10.9 Å². The first-order valence-electron chi connectivity index (χ1n) is 8.44. The Kier molecular flexibility index (Phi) is 5.75. The van der Waals surface area contributed by atoms with E-state index in [-0.39, 0.29) is 18.9 Å². The topological polar surface area (TPSA) is 83.3 Å². The molecule has 0 bridgehead atoms. The third-order valence-corrected chi connectivity index (χ3v) is 4.01. The van der Waals surface area contributed by atoms with Crippen LogP contribution in [-0.2, 0) is 9.53 Å². The second-order valence-corrected chi connectivity index (χ2v) is 5.74. The quantitative estimate of drug-likeness (QED) is 0.630. The third kappa shape index (κ3) is 4.28. The molecule has 0 aliphatic rings. The SMILES string of the molecule is N#CCCN(C(=O)COC(=O)c1cccc2ncccc12)c1ccccc1. The van der Waals surface area contributed by atoms with Crippen LogP contribution in [0.1, 0.15) is 16.8 Å². The standard InChI is InChI=1S/C21H17N3O3/c22-12-6-14-24(16-7-2-1-3-8-16)20(25)15-27-21(26)18-9-4-11-19-17(18)10-5-13-23-19/h1-5,7-11,13H,6,14-15H2. The zero-order valence-corrected chi connectivity index (χ0v) is 14.5. The van der Waals surface area contributed by atoms with Crippen molar-refractivity contribution >= 4 is 28.5 Å². The van der Waals surface area contributed by atoms with Gasteiger partial charge in [0.25, 0.3) is 5.91 Å². The van der Waals surface area contributed by atoms with Gasteiger partial charge in [-0.05, 0) is 30.3 Å². The van der Waals surface area contributed by atoms with Crippen molar-refractivity contribution in [2.24, 2.45) is 0 Å². The summed E-state index contributed by atoms with van der Waals surface area (Å²) in [6, 6.07) is 19.7. The minimum atomic E-state index is -0.588. The van der Waals surface area contributed by atoms with Crippen LogP contribution < -0.4 is 4.90 Å². The van der Waals surface area contributed by atoms with Crippen LogP contribution in [0.15, 0.2) is 66.9 Å². The number of benzene rings is 2. The number of esters is 1. The molecule has 6 nitrogen and oxygen atoms in total. The van der Waals surface area contributed by atoms with Gasteiger partial charge in [-0.2, -0.15) is 5.26 Å². The average Bonchev–Trinajstić information content (AvgIpc) is 2.72. The van der Waals surface area contributed by atoms with E-state index in [0.29, 0.717) is 22.2 Å². The second kappa shape index (κ2) is 8.59. The molecule has 0 spiro atoms. The maximum Gasteiger partial charge on any atom is 0.339 e. The van der Waals surface area contributed by atoms with Crippen molar-refractivity contribution in [3.8, 4) is 6.07 Å². The van der Waals surface area contributed by atoms with E-state index in [2.05, 4.69) is 4.98 Å². The minimum absolute atomic E-state index is 0.184. The molecule has 0 N–H and O–H groups in total. The molecule has 3 rings (SSSR count). The van der Waals surface area contributed by atoms with Gasteiger partial charge in [0.15, 0.2) is 6.61 Å². The Labute approximate surface area is 156 Å². The Balaban J connectivity index is 1.73. The second-order valence-electron chi connectivity index (χ2n) is 5.74. The normalized spacial score (nSPS) is 10.2. The Hall–Kier alpha value is -3.72. The first kappa shape index (κ1) is 18.1. The number of ether oxygens (including phenoxy) is 1. The lowest BCUT2D eigenvalue weighted by molar-refractivity contribution is -0.121. The molecule has 0 radical (unpaired) electrons. The summed E-state index contributed by atoms with van der Waals surface area (Å²) >= 11 is 0. The van der Waals surface area contributed by atoms with Gasteiger partial charge >= 0.3 is 5.97 Å². The number of anilines is 1. The Morgan fingerprint density at radius 3 is 2.63 bits per heavy atom. The minimum Gasteiger partial charge on any atom is -0.452 e. The van der Waals surface area contributed by atoms with Gasteiger partial charge in [0, 0.05) is 23.8 Å². The molecule has 0 saturated carbocycles. The van der Waals surface area contributed by atoms with Crippen LogP contribution in [0.2, 0.25) is 0 Å². The first-order valence-corrected chi connectivity index (χ1v) is 8.44. The van der Waals surface area contributed by atoms with Crippen LogP contribution in [0, 0.1) is 11.3 Å². The van der Waals surface area contributed by atoms with E-state index in [9.17, 15) is 9.59 Å². The molecule has 0 fully saturated rings. The fourth-order valence-corrected chi connectivity index (χ4v) is 2.73. The molecular formula is C21H17N3O3. The highest BCUT2D eigenvalue weighted by molar-refractivity contribution is 6.04. The van der Waals surface area contributed by atoms with Gasteiger partial charge in [-0.15, -0.1) is 0 Å². The molecule has 0 unspecified atom stereocenters. The predicted molar refractivity (Wildman–Crippen MR) is 101 cm³/mol. The summed E-state index contributed by atoms with van der Waals surface area (Å²) in [4.78, 5) is 30.7. The molecular weight excluding hydrogens is 342 g/mol. The Morgan fingerprint density at radius 1 is 1.04 bits per heavy atom. The fraction of sp³-hybridized carbons (Fsp3) is 0.143. The first-order chi connectivity index (χ1) is 13.2. The van der Waals surface area contributed by atoms with Gasteiger partial charge < -0.3 is 9.64 Å². The van der Waals surface area contributed by atoms with Crippen LogP contribution in [0.3, 0.4) is 0 Å². The van der Waals surface area contributed by atoms with Crippen LogP contribution in [0.5, 0.6) is 0 Å². The highest BCUT2D eigenvalue weighted by atomic mass is 16.5. The van der Waals surface area contributed by atoms with Gasteiger partial charge in [-0.25, -0.2) is 4.79 Å². The number of pyridine rings is 1. The number of hydrogen-bond donors (Lipinski definition) is 0. The molecule has 0 saturated heterocycles. The number of aromatic nitrogens is 1. The molecule has 0 aliphatic carbocycles. The van der Waals surface area contributed by atoms with Crippen LogP contribution >= 0.6 is 0 Å². The zero-order valence-electron chi connectivity index (χ0n) is 14.5. The van der Waals surface area contributed by atoms with Crippen LogP contribution in [0.4, 0.5) is 5.69 Å². The molecule has 3 aromatic rings. The molecule has 6 heteroatoms.